The first kappa shape index (κ1) is 20.2. The number of pyridine rings is 2. The van der Waals surface area contributed by atoms with Gasteiger partial charge >= 0.3 is 0 Å². The van der Waals surface area contributed by atoms with Crippen LogP contribution >= 0.6 is 0 Å². The van der Waals surface area contributed by atoms with Crippen LogP contribution < -0.4 is 5.32 Å². The third-order valence-electron chi connectivity index (χ3n) is 5.81. The topological polar surface area (TPSA) is 58.1 Å². The number of hydrogen-bond donors (Lipinski definition) is 1. The quantitative estimate of drug-likeness (QED) is 0.675. The summed E-state index contributed by atoms with van der Waals surface area (Å²) >= 11 is 0. The van der Waals surface area contributed by atoms with Crippen molar-refractivity contribution in [3.8, 4) is 0 Å². The van der Waals surface area contributed by atoms with Gasteiger partial charge in [0.15, 0.2) is 0 Å². The van der Waals surface area contributed by atoms with Gasteiger partial charge in [-0.3, -0.25) is 19.7 Å². The van der Waals surface area contributed by atoms with Gasteiger partial charge in [0.05, 0.1) is 17.4 Å². The van der Waals surface area contributed by atoms with Crippen molar-refractivity contribution in [1.29, 1.82) is 0 Å². The van der Waals surface area contributed by atoms with Crippen molar-refractivity contribution in [1.82, 2.24) is 20.2 Å². The van der Waals surface area contributed by atoms with E-state index in [4.69, 9.17) is 0 Å². The van der Waals surface area contributed by atoms with E-state index in [9.17, 15) is 4.79 Å². The minimum absolute atomic E-state index is 0.0365. The van der Waals surface area contributed by atoms with Gasteiger partial charge in [-0.1, -0.05) is 30.3 Å². The second kappa shape index (κ2) is 9.63. The van der Waals surface area contributed by atoms with E-state index in [2.05, 4.69) is 26.3 Å². The molecule has 1 saturated heterocycles. The molecule has 2 aromatic heterocycles. The second-order valence-corrected chi connectivity index (χ2v) is 7.98. The lowest BCUT2D eigenvalue weighted by molar-refractivity contribution is 0.0873. The van der Waals surface area contributed by atoms with E-state index in [0.717, 1.165) is 55.0 Å². The van der Waals surface area contributed by atoms with Gasteiger partial charge in [-0.25, -0.2) is 0 Å². The van der Waals surface area contributed by atoms with Crippen LogP contribution in [0, 0.1) is 12.8 Å². The third-order valence-corrected chi connectivity index (χ3v) is 5.81. The van der Waals surface area contributed by atoms with E-state index < -0.39 is 0 Å². The Balaban J connectivity index is 1.53. The molecule has 1 fully saturated rings. The van der Waals surface area contributed by atoms with Crippen molar-refractivity contribution in [3.05, 3.63) is 95.6 Å². The van der Waals surface area contributed by atoms with Crippen molar-refractivity contribution in [2.75, 3.05) is 13.1 Å². The molecule has 1 N–H and O–H groups in total. The van der Waals surface area contributed by atoms with Crippen molar-refractivity contribution >= 4 is 5.91 Å². The Morgan fingerprint density at radius 1 is 1.07 bits per heavy atom. The van der Waals surface area contributed by atoms with Gasteiger partial charge in [0.2, 0.25) is 0 Å². The van der Waals surface area contributed by atoms with Gasteiger partial charge in [-0.2, -0.15) is 0 Å². The Labute approximate surface area is 178 Å². The Hall–Kier alpha value is -3.05. The molecule has 5 nitrogen and oxygen atoms in total. The van der Waals surface area contributed by atoms with Crippen molar-refractivity contribution in [2.24, 2.45) is 5.92 Å². The van der Waals surface area contributed by atoms with Crippen LogP contribution in [0.3, 0.4) is 0 Å². The van der Waals surface area contributed by atoms with Crippen LogP contribution in [-0.4, -0.2) is 33.9 Å². The molecule has 1 amide bonds. The number of carbonyl (C=O) groups excluding carboxylic acids is 1. The van der Waals surface area contributed by atoms with Crippen LogP contribution in [0.1, 0.15) is 46.2 Å². The number of amides is 1. The van der Waals surface area contributed by atoms with Gasteiger partial charge in [-0.15, -0.1) is 0 Å². The highest BCUT2D eigenvalue weighted by Crippen LogP contribution is 2.30. The van der Waals surface area contributed by atoms with Crippen LogP contribution in [0.25, 0.3) is 0 Å². The van der Waals surface area contributed by atoms with E-state index in [0.29, 0.717) is 5.92 Å². The molecule has 154 valence electrons. The number of aryl methyl sites for hydroxylation is 1. The van der Waals surface area contributed by atoms with Gasteiger partial charge in [0, 0.05) is 31.0 Å². The Morgan fingerprint density at radius 3 is 2.57 bits per heavy atom. The predicted molar refractivity (Wildman–Crippen MR) is 118 cm³/mol. The molecule has 2 atom stereocenters. The normalized spacial score (nSPS) is 18.0. The lowest BCUT2D eigenvalue weighted by atomic mass is 9.88. The zero-order chi connectivity index (χ0) is 20.8. The molecule has 0 aliphatic carbocycles. The summed E-state index contributed by atoms with van der Waals surface area (Å²) in [5.74, 6) is 0.260. The first-order valence-corrected chi connectivity index (χ1v) is 10.6. The van der Waals surface area contributed by atoms with Gasteiger partial charge < -0.3 is 5.32 Å². The first-order valence-electron chi connectivity index (χ1n) is 10.6. The van der Waals surface area contributed by atoms with Gasteiger partial charge in [-0.05, 0) is 68.1 Å². The number of likely N-dealkylation sites (tertiary alicyclic amines) is 1. The number of benzene rings is 1. The van der Waals surface area contributed by atoms with Crippen LogP contribution in [0.15, 0.2) is 73.1 Å². The molecular weight excluding hydrogens is 372 g/mol. The number of nitrogens with one attached hydrogen (secondary N) is 1. The smallest absolute Gasteiger partial charge is 0.252 e. The SMILES string of the molecule is Cc1ccccc1C(=O)NC(c1ccccn1)C1CCCN(Cc2ccccn2)C1. The molecular formula is C25H28N4O. The number of rotatable bonds is 6. The van der Waals surface area contributed by atoms with Crippen molar-refractivity contribution in [3.63, 3.8) is 0 Å². The maximum absolute atomic E-state index is 13.1. The molecule has 1 aliphatic heterocycles. The van der Waals surface area contributed by atoms with Gasteiger partial charge in [0.25, 0.3) is 5.91 Å². The zero-order valence-electron chi connectivity index (χ0n) is 17.4. The molecule has 0 bridgehead atoms. The van der Waals surface area contributed by atoms with Gasteiger partial charge in [0.1, 0.15) is 0 Å². The lowest BCUT2D eigenvalue weighted by Crippen LogP contribution is -2.43. The molecule has 1 aliphatic rings. The number of aromatic nitrogens is 2. The maximum atomic E-state index is 13.1. The Kier molecular flexibility index (Phi) is 6.50. The van der Waals surface area contributed by atoms with E-state index in [1.165, 1.54) is 0 Å². The van der Waals surface area contributed by atoms with Crippen LogP contribution in [0.4, 0.5) is 0 Å². The Morgan fingerprint density at radius 2 is 1.83 bits per heavy atom. The first-order chi connectivity index (χ1) is 14.7. The summed E-state index contributed by atoms with van der Waals surface area (Å²) in [6.07, 6.45) is 5.81. The highest BCUT2D eigenvalue weighted by atomic mass is 16.1. The highest BCUT2D eigenvalue weighted by molar-refractivity contribution is 5.95. The predicted octanol–water partition coefficient (Wildman–Crippen LogP) is 4.17. The lowest BCUT2D eigenvalue weighted by Gasteiger charge is -2.37. The number of carbonyl (C=O) groups is 1. The molecule has 30 heavy (non-hydrogen) atoms. The highest BCUT2D eigenvalue weighted by Gasteiger charge is 2.31. The summed E-state index contributed by atoms with van der Waals surface area (Å²) in [5, 5.41) is 3.30. The van der Waals surface area contributed by atoms with Crippen LogP contribution in [-0.2, 0) is 6.54 Å². The summed E-state index contributed by atoms with van der Waals surface area (Å²) in [7, 11) is 0. The molecule has 3 aromatic rings. The van der Waals surface area contributed by atoms with E-state index >= 15 is 0 Å². The fourth-order valence-corrected chi connectivity index (χ4v) is 4.27. The number of piperidine rings is 1. The zero-order valence-corrected chi connectivity index (χ0v) is 17.4. The largest absolute Gasteiger partial charge is 0.343 e. The van der Waals surface area contributed by atoms with Crippen molar-refractivity contribution in [2.45, 2.75) is 32.4 Å². The maximum Gasteiger partial charge on any atom is 0.252 e. The molecule has 1 aromatic carbocycles. The third kappa shape index (κ3) is 4.92. The fourth-order valence-electron chi connectivity index (χ4n) is 4.27. The summed E-state index contributed by atoms with van der Waals surface area (Å²) in [6, 6.07) is 19.6. The molecule has 5 heteroatoms. The molecule has 4 rings (SSSR count). The second-order valence-electron chi connectivity index (χ2n) is 7.98. The summed E-state index contributed by atoms with van der Waals surface area (Å²) in [5.41, 5.74) is 3.70. The van der Waals surface area contributed by atoms with Crippen molar-refractivity contribution < 1.29 is 4.79 Å². The van der Waals surface area contributed by atoms with E-state index in [1.807, 2.05) is 67.7 Å². The molecule has 0 saturated carbocycles. The molecule has 3 heterocycles. The van der Waals surface area contributed by atoms with Crippen LogP contribution in [0.2, 0.25) is 0 Å². The summed E-state index contributed by atoms with van der Waals surface area (Å²) in [6.45, 7) is 4.76. The standard InChI is InChI=1S/C25H28N4O/c1-19-9-2-3-12-22(19)25(30)28-24(23-13-5-7-15-27-23)20-10-8-16-29(17-20)18-21-11-4-6-14-26-21/h2-7,9,11-15,20,24H,8,10,16-18H2,1H3,(H,28,30). The van der Waals surface area contributed by atoms with E-state index in [-0.39, 0.29) is 11.9 Å². The summed E-state index contributed by atoms with van der Waals surface area (Å²) < 4.78 is 0. The molecule has 0 radical (unpaired) electrons. The fraction of sp³-hybridized carbons (Fsp3) is 0.320. The number of hydrogen-bond acceptors (Lipinski definition) is 4. The minimum Gasteiger partial charge on any atom is -0.343 e. The number of nitrogens with zero attached hydrogens (tertiary/aromatic N) is 3. The molecule has 2 unspecified atom stereocenters. The minimum atomic E-state index is -0.121. The monoisotopic (exact) mass is 400 g/mol. The van der Waals surface area contributed by atoms with E-state index in [1.54, 1.807) is 6.20 Å². The Bertz CT molecular complexity index is 961. The average Bonchev–Trinajstić information content (AvgIpc) is 2.79. The van der Waals surface area contributed by atoms with Crippen LogP contribution in [0.5, 0.6) is 0 Å². The molecule has 0 spiro atoms. The average molecular weight is 401 g/mol. The summed E-state index contributed by atoms with van der Waals surface area (Å²) in [4.78, 5) is 24.6.